The quantitative estimate of drug-likeness (QED) is 0.648. The summed E-state index contributed by atoms with van der Waals surface area (Å²) in [5.74, 6) is 0.557. The van der Waals surface area contributed by atoms with E-state index in [0.29, 0.717) is 5.75 Å². The molecule has 1 amide bonds. The molecule has 0 radical (unpaired) electrons. The van der Waals surface area contributed by atoms with Crippen LogP contribution in [-0.4, -0.2) is 22.7 Å². The highest BCUT2D eigenvalue weighted by atomic mass is 32.2. The van der Waals surface area contributed by atoms with Crippen LogP contribution in [0.25, 0.3) is 10.9 Å². The van der Waals surface area contributed by atoms with Gasteiger partial charge in [-0.2, -0.15) is 0 Å². The van der Waals surface area contributed by atoms with Crippen molar-refractivity contribution >= 4 is 34.3 Å². The molecule has 2 heterocycles. The number of anilines is 1. The first-order valence-electron chi connectivity index (χ1n) is 8.52. The van der Waals surface area contributed by atoms with Crippen LogP contribution in [0.1, 0.15) is 18.1 Å². The Morgan fingerprint density at radius 3 is 2.84 bits per heavy atom. The van der Waals surface area contributed by atoms with Crippen LogP contribution in [0.2, 0.25) is 0 Å². The van der Waals surface area contributed by atoms with E-state index < -0.39 is 0 Å². The molecule has 126 valence electrons. The zero-order valence-corrected chi connectivity index (χ0v) is 15.2. The second-order valence-electron chi connectivity index (χ2n) is 6.54. The minimum Gasteiger partial charge on any atom is -0.308 e. The van der Waals surface area contributed by atoms with Crippen LogP contribution in [0.15, 0.2) is 59.6 Å². The molecule has 2 aromatic carbocycles. The maximum absolute atomic E-state index is 12.8. The van der Waals surface area contributed by atoms with Gasteiger partial charge in [-0.25, -0.2) is 4.98 Å². The van der Waals surface area contributed by atoms with Crippen LogP contribution in [0.5, 0.6) is 0 Å². The van der Waals surface area contributed by atoms with Crippen molar-refractivity contribution in [1.29, 1.82) is 0 Å². The van der Waals surface area contributed by atoms with Crippen molar-refractivity contribution in [3.63, 3.8) is 0 Å². The van der Waals surface area contributed by atoms with E-state index >= 15 is 0 Å². The molecule has 0 N–H and O–H groups in total. The molecule has 3 nitrogen and oxygen atoms in total. The monoisotopic (exact) mass is 348 g/mol. The Balaban J connectivity index is 1.54. The molecule has 1 aromatic heterocycles. The van der Waals surface area contributed by atoms with E-state index in [9.17, 15) is 4.79 Å². The Morgan fingerprint density at radius 2 is 1.96 bits per heavy atom. The fourth-order valence-electron chi connectivity index (χ4n) is 3.50. The fraction of sp³-hybridized carbons (Fsp3) is 0.238. The first kappa shape index (κ1) is 16.2. The smallest absolute Gasteiger partial charge is 0.237 e. The molecule has 0 spiro atoms. The molecule has 1 aliphatic heterocycles. The normalized spacial score (nSPS) is 16.2. The summed E-state index contributed by atoms with van der Waals surface area (Å²) in [4.78, 5) is 19.5. The largest absolute Gasteiger partial charge is 0.308 e. The molecule has 4 heteroatoms. The summed E-state index contributed by atoms with van der Waals surface area (Å²) in [6.07, 6.45) is 0.930. The molecule has 1 aliphatic rings. The molecule has 25 heavy (non-hydrogen) atoms. The van der Waals surface area contributed by atoms with Gasteiger partial charge in [0.25, 0.3) is 0 Å². The standard InChI is InChI=1S/C21H20N2OS/c1-14-11-16-7-3-5-9-18(16)22-21(14)25-13-20(24)23-15(2)12-17-8-4-6-10-19(17)23/h3-11,15H,12-13H2,1-2H3/t15-/m0/s1. The van der Waals surface area contributed by atoms with Gasteiger partial charge in [0.1, 0.15) is 5.03 Å². The number of amides is 1. The number of hydrogen-bond donors (Lipinski definition) is 0. The van der Waals surface area contributed by atoms with Crippen molar-refractivity contribution < 1.29 is 4.79 Å². The molecule has 1 atom stereocenters. The summed E-state index contributed by atoms with van der Waals surface area (Å²) < 4.78 is 0. The molecule has 4 rings (SSSR count). The lowest BCUT2D eigenvalue weighted by Crippen LogP contribution is -2.37. The number of thioether (sulfide) groups is 1. The number of rotatable bonds is 3. The highest BCUT2D eigenvalue weighted by Gasteiger charge is 2.30. The fourth-order valence-corrected chi connectivity index (χ4v) is 4.34. The minimum atomic E-state index is 0.150. The summed E-state index contributed by atoms with van der Waals surface area (Å²) in [7, 11) is 0. The first-order valence-corrected chi connectivity index (χ1v) is 9.51. The summed E-state index contributed by atoms with van der Waals surface area (Å²) >= 11 is 1.53. The number of carbonyl (C=O) groups is 1. The van der Waals surface area contributed by atoms with Crippen LogP contribution >= 0.6 is 11.8 Å². The van der Waals surface area contributed by atoms with Crippen molar-refractivity contribution in [2.24, 2.45) is 0 Å². The summed E-state index contributed by atoms with van der Waals surface area (Å²) in [6.45, 7) is 4.17. The Bertz CT molecular complexity index is 954. The van der Waals surface area contributed by atoms with E-state index in [1.165, 1.54) is 17.3 Å². The van der Waals surface area contributed by atoms with Crippen molar-refractivity contribution in [3.8, 4) is 0 Å². The minimum absolute atomic E-state index is 0.150. The van der Waals surface area contributed by atoms with Crippen LogP contribution < -0.4 is 4.90 Å². The Morgan fingerprint density at radius 1 is 1.20 bits per heavy atom. The van der Waals surface area contributed by atoms with Crippen molar-refractivity contribution in [2.75, 3.05) is 10.7 Å². The van der Waals surface area contributed by atoms with Gasteiger partial charge in [-0.05, 0) is 49.6 Å². The van der Waals surface area contributed by atoms with Crippen LogP contribution in [0, 0.1) is 6.92 Å². The van der Waals surface area contributed by atoms with Gasteiger partial charge in [0.05, 0.1) is 11.3 Å². The van der Waals surface area contributed by atoms with Gasteiger partial charge in [-0.3, -0.25) is 4.79 Å². The van der Waals surface area contributed by atoms with Gasteiger partial charge in [-0.15, -0.1) is 0 Å². The predicted molar refractivity (Wildman–Crippen MR) is 104 cm³/mol. The maximum atomic E-state index is 12.8. The zero-order valence-electron chi connectivity index (χ0n) is 14.4. The lowest BCUT2D eigenvalue weighted by atomic mass is 10.1. The topological polar surface area (TPSA) is 33.2 Å². The van der Waals surface area contributed by atoms with Crippen molar-refractivity contribution in [3.05, 3.63) is 65.7 Å². The third-order valence-corrected chi connectivity index (χ3v) is 5.75. The molecule has 0 saturated heterocycles. The molecule has 0 bridgehead atoms. The molecule has 0 unspecified atom stereocenters. The van der Waals surface area contributed by atoms with E-state index in [1.54, 1.807) is 0 Å². The SMILES string of the molecule is Cc1cc2ccccc2nc1SCC(=O)N1c2ccccc2C[C@@H]1C. The van der Waals surface area contributed by atoms with Crippen molar-refractivity contribution in [1.82, 2.24) is 4.98 Å². The average Bonchev–Trinajstić information content (AvgIpc) is 2.95. The number of pyridine rings is 1. The van der Waals surface area contributed by atoms with Gasteiger partial charge in [-0.1, -0.05) is 48.2 Å². The molecular weight excluding hydrogens is 328 g/mol. The van der Waals surface area contributed by atoms with Crippen LogP contribution in [0.3, 0.4) is 0 Å². The van der Waals surface area contributed by atoms with Gasteiger partial charge in [0.2, 0.25) is 5.91 Å². The zero-order chi connectivity index (χ0) is 17.4. The lowest BCUT2D eigenvalue weighted by Gasteiger charge is -2.22. The number of aryl methyl sites for hydroxylation is 1. The van der Waals surface area contributed by atoms with E-state index in [1.807, 2.05) is 41.3 Å². The van der Waals surface area contributed by atoms with E-state index in [0.717, 1.165) is 33.6 Å². The predicted octanol–water partition coefficient (Wildman–Crippen LogP) is 4.61. The molecular formula is C21H20N2OS. The van der Waals surface area contributed by atoms with Gasteiger partial charge >= 0.3 is 0 Å². The molecule has 0 saturated carbocycles. The number of benzene rings is 2. The second-order valence-corrected chi connectivity index (χ2v) is 7.50. The number of aromatic nitrogens is 1. The summed E-state index contributed by atoms with van der Waals surface area (Å²) in [6, 6.07) is 18.6. The van der Waals surface area contributed by atoms with E-state index in [-0.39, 0.29) is 11.9 Å². The second kappa shape index (κ2) is 6.52. The van der Waals surface area contributed by atoms with Gasteiger partial charge in [0, 0.05) is 17.1 Å². The number of hydrogen-bond acceptors (Lipinski definition) is 3. The summed E-state index contributed by atoms with van der Waals surface area (Å²) in [5, 5.41) is 2.07. The molecule has 0 aliphatic carbocycles. The molecule has 3 aromatic rings. The third kappa shape index (κ3) is 3.02. The number of nitrogens with zero attached hydrogens (tertiary/aromatic N) is 2. The van der Waals surface area contributed by atoms with Gasteiger partial charge < -0.3 is 4.90 Å². The van der Waals surface area contributed by atoms with Crippen LogP contribution in [-0.2, 0) is 11.2 Å². The number of para-hydroxylation sites is 2. The average molecular weight is 348 g/mol. The maximum Gasteiger partial charge on any atom is 0.237 e. The van der Waals surface area contributed by atoms with Crippen molar-refractivity contribution in [2.45, 2.75) is 31.3 Å². The highest BCUT2D eigenvalue weighted by molar-refractivity contribution is 8.00. The number of fused-ring (bicyclic) bond motifs is 2. The first-order chi connectivity index (χ1) is 12.1. The summed E-state index contributed by atoms with van der Waals surface area (Å²) in [5.41, 5.74) is 4.41. The molecule has 0 fully saturated rings. The van der Waals surface area contributed by atoms with Crippen LogP contribution in [0.4, 0.5) is 5.69 Å². The number of carbonyl (C=O) groups excluding carboxylic acids is 1. The lowest BCUT2D eigenvalue weighted by molar-refractivity contribution is -0.116. The van der Waals surface area contributed by atoms with Gasteiger partial charge in [0.15, 0.2) is 0 Å². The third-order valence-electron chi connectivity index (χ3n) is 4.68. The van der Waals surface area contributed by atoms with E-state index in [4.69, 9.17) is 4.98 Å². The Kier molecular flexibility index (Phi) is 4.22. The highest BCUT2D eigenvalue weighted by Crippen LogP contribution is 2.33. The van der Waals surface area contributed by atoms with E-state index in [2.05, 4.69) is 32.0 Å². The Hall–Kier alpha value is -2.33. The Labute approximate surface area is 152 Å².